The fraction of sp³-hybridized carbons (Fsp3) is 0.292. The summed E-state index contributed by atoms with van der Waals surface area (Å²) in [4.78, 5) is 31.2. The van der Waals surface area contributed by atoms with Crippen LogP contribution in [-0.2, 0) is 13.1 Å². The number of nitrogens with zero attached hydrogens (tertiary/aromatic N) is 4. The average Bonchev–Trinajstić information content (AvgIpc) is 3.12. The molecule has 0 radical (unpaired) electrons. The molecule has 0 spiro atoms. The first-order valence-corrected chi connectivity index (χ1v) is 10.3. The van der Waals surface area contributed by atoms with E-state index in [2.05, 4.69) is 4.98 Å². The van der Waals surface area contributed by atoms with Crippen LogP contribution < -0.4 is 11.2 Å². The first kappa shape index (κ1) is 20.8. The number of rotatable bonds is 5. The van der Waals surface area contributed by atoms with Crippen LogP contribution in [0.15, 0.2) is 58.4 Å². The summed E-state index contributed by atoms with van der Waals surface area (Å²) < 4.78 is 18.6. The van der Waals surface area contributed by atoms with Gasteiger partial charge >= 0.3 is 5.69 Å². The van der Waals surface area contributed by atoms with Crippen molar-refractivity contribution in [2.75, 3.05) is 0 Å². The number of hydrogen-bond acceptors (Lipinski definition) is 3. The molecule has 2 aromatic carbocycles. The maximum Gasteiger partial charge on any atom is 0.337 e. The SMILES string of the molecule is Cc1ccc(-n2c(=O)n(CC(C)C)c(=O)c3c2ncn3Cc2ccccc2F)c(C)c1. The number of fused-ring (bicyclic) bond motifs is 1. The van der Waals surface area contributed by atoms with Crippen LogP contribution in [0.4, 0.5) is 4.39 Å². The second-order valence-electron chi connectivity index (χ2n) is 8.35. The highest BCUT2D eigenvalue weighted by atomic mass is 19.1. The van der Waals surface area contributed by atoms with E-state index in [-0.39, 0.29) is 36.0 Å². The molecule has 0 bridgehead atoms. The monoisotopic (exact) mass is 420 g/mol. The topological polar surface area (TPSA) is 61.8 Å². The summed E-state index contributed by atoms with van der Waals surface area (Å²) >= 11 is 0. The molecule has 0 saturated heterocycles. The van der Waals surface area contributed by atoms with Gasteiger partial charge in [-0.2, -0.15) is 0 Å². The predicted molar refractivity (Wildman–Crippen MR) is 119 cm³/mol. The minimum Gasteiger partial charge on any atom is -0.320 e. The van der Waals surface area contributed by atoms with E-state index in [1.54, 1.807) is 22.8 Å². The summed E-state index contributed by atoms with van der Waals surface area (Å²) in [6.07, 6.45) is 1.50. The van der Waals surface area contributed by atoms with Gasteiger partial charge in [-0.25, -0.2) is 18.7 Å². The van der Waals surface area contributed by atoms with Crippen molar-refractivity contribution < 1.29 is 4.39 Å². The van der Waals surface area contributed by atoms with Gasteiger partial charge in [-0.1, -0.05) is 49.7 Å². The molecule has 0 amide bonds. The molecule has 4 aromatic rings. The lowest BCUT2D eigenvalue weighted by molar-refractivity contribution is 0.488. The van der Waals surface area contributed by atoms with Crippen LogP contribution in [0.1, 0.15) is 30.5 Å². The summed E-state index contributed by atoms with van der Waals surface area (Å²) in [5, 5.41) is 0. The molecule has 6 nitrogen and oxygen atoms in total. The Kier molecular flexibility index (Phi) is 5.35. The van der Waals surface area contributed by atoms with E-state index in [0.717, 1.165) is 11.1 Å². The maximum absolute atomic E-state index is 14.3. The largest absolute Gasteiger partial charge is 0.337 e. The van der Waals surface area contributed by atoms with Crippen LogP contribution in [-0.4, -0.2) is 18.7 Å². The zero-order valence-electron chi connectivity index (χ0n) is 18.1. The first-order valence-electron chi connectivity index (χ1n) is 10.3. The van der Waals surface area contributed by atoms with Crippen LogP contribution in [0.25, 0.3) is 16.9 Å². The second-order valence-corrected chi connectivity index (χ2v) is 8.35. The van der Waals surface area contributed by atoms with Gasteiger partial charge in [0.15, 0.2) is 11.2 Å². The van der Waals surface area contributed by atoms with E-state index in [1.807, 2.05) is 45.9 Å². The molecule has 0 fully saturated rings. The number of aryl methyl sites for hydroxylation is 2. The third-order valence-corrected chi connectivity index (χ3v) is 5.34. The Hall–Kier alpha value is -3.48. The number of hydrogen-bond donors (Lipinski definition) is 0. The lowest BCUT2D eigenvalue weighted by Gasteiger charge is -2.16. The Morgan fingerprint density at radius 2 is 1.81 bits per heavy atom. The molecular formula is C24H25FN4O2. The standard InChI is InChI=1S/C24H25FN4O2/c1-15(2)12-28-23(30)21-22(26-14-27(21)13-18-7-5-6-8-19(18)25)29(24(28)31)20-10-9-16(3)11-17(20)4/h5-11,14-15H,12-13H2,1-4H3. The molecule has 4 rings (SSSR count). The first-order chi connectivity index (χ1) is 14.8. The molecule has 0 atom stereocenters. The Balaban J connectivity index is 2.04. The van der Waals surface area contributed by atoms with Gasteiger partial charge < -0.3 is 4.57 Å². The van der Waals surface area contributed by atoms with Gasteiger partial charge in [-0.3, -0.25) is 9.36 Å². The van der Waals surface area contributed by atoms with Crippen LogP contribution >= 0.6 is 0 Å². The van der Waals surface area contributed by atoms with Gasteiger partial charge in [0.25, 0.3) is 5.56 Å². The molecule has 0 unspecified atom stereocenters. The van der Waals surface area contributed by atoms with Gasteiger partial charge in [0.2, 0.25) is 0 Å². The van der Waals surface area contributed by atoms with Crippen molar-refractivity contribution in [2.24, 2.45) is 5.92 Å². The highest BCUT2D eigenvalue weighted by Gasteiger charge is 2.21. The van der Waals surface area contributed by atoms with Crippen molar-refractivity contribution >= 4 is 11.2 Å². The third kappa shape index (κ3) is 3.71. The van der Waals surface area contributed by atoms with E-state index >= 15 is 0 Å². The zero-order chi connectivity index (χ0) is 22.3. The Morgan fingerprint density at radius 1 is 1.06 bits per heavy atom. The molecule has 7 heteroatoms. The average molecular weight is 420 g/mol. The predicted octanol–water partition coefficient (Wildman–Crippen LogP) is 3.81. The molecule has 0 N–H and O–H groups in total. The number of benzene rings is 2. The van der Waals surface area contributed by atoms with Crippen molar-refractivity contribution in [2.45, 2.75) is 40.8 Å². The van der Waals surface area contributed by atoms with Crippen LogP contribution in [0.2, 0.25) is 0 Å². The molecule has 2 heterocycles. The van der Waals surface area contributed by atoms with E-state index in [4.69, 9.17) is 0 Å². The lowest BCUT2D eigenvalue weighted by Crippen LogP contribution is -2.41. The molecule has 31 heavy (non-hydrogen) atoms. The van der Waals surface area contributed by atoms with Gasteiger partial charge in [-0.15, -0.1) is 0 Å². The van der Waals surface area contributed by atoms with Crippen LogP contribution in [0.3, 0.4) is 0 Å². The summed E-state index contributed by atoms with van der Waals surface area (Å²) in [5.41, 5.74) is 2.82. The Morgan fingerprint density at radius 3 is 2.48 bits per heavy atom. The molecule has 2 aromatic heterocycles. The van der Waals surface area contributed by atoms with Crippen molar-refractivity contribution in [1.82, 2.24) is 18.7 Å². The minimum atomic E-state index is -0.422. The molecule has 0 aliphatic heterocycles. The van der Waals surface area contributed by atoms with Crippen molar-refractivity contribution in [3.63, 3.8) is 0 Å². The smallest absolute Gasteiger partial charge is 0.320 e. The zero-order valence-corrected chi connectivity index (χ0v) is 18.1. The minimum absolute atomic E-state index is 0.0957. The molecule has 160 valence electrons. The Labute approximate surface area is 179 Å². The highest BCUT2D eigenvalue weighted by molar-refractivity contribution is 5.73. The molecular weight excluding hydrogens is 395 g/mol. The molecule has 0 saturated carbocycles. The van der Waals surface area contributed by atoms with Crippen LogP contribution in [0, 0.1) is 25.6 Å². The summed E-state index contributed by atoms with van der Waals surface area (Å²) in [6, 6.07) is 12.2. The lowest BCUT2D eigenvalue weighted by atomic mass is 10.1. The quantitative estimate of drug-likeness (QED) is 0.493. The van der Waals surface area contributed by atoms with Gasteiger partial charge in [0, 0.05) is 12.1 Å². The second kappa shape index (κ2) is 7.98. The van der Waals surface area contributed by atoms with Crippen molar-refractivity contribution in [1.29, 1.82) is 0 Å². The van der Waals surface area contributed by atoms with Gasteiger partial charge in [-0.05, 0) is 37.5 Å². The maximum atomic E-state index is 14.3. The summed E-state index contributed by atoms with van der Waals surface area (Å²) in [5.74, 6) is -0.257. The van der Waals surface area contributed by atoms with E-state index in [1.165, 1.54) is 21.5 Å². The summed E-state index contributed by atoms with van der Waals surface area (Å²) in [7, 11) is 0. The normalized spacial score (nSPS) is 11.5. The highest BCUT2D eigenvalue weighted by Crippen LogP contribution is 2.19. The van der Waals surface area contributed by atoms with E-state index < -0.39 is 11.2 Å². The van der Waals surface area contributed by atoms with Crippen LogP contribution in [0.5, 0.6) is 0 Å². The number of halogens is 1. The fourth-order valence-electron chi connectivity index (χ4n) is 3.91. The molecule has 0 aliphatic rings. The number of imidazole rings is 1. The fourth-order valence-corrected chi connectivity index (χ4v) is 3.91. The van der Waals surface area contributed by atoms with Crippen molar-refractivity contribution in [3.8, 4) is 5.69 Å². The van der Waals surface area contributed by atoms with Crippen molar-refractivity contribution in [3.05, 3.63) is 92.1 Å². The van der Waals surface area contributed by atoms with E-state index in [9.17, 15) is 14.0 Å². The number of aromatic nitrogens is 4. The van der Waals surface area contributed by atoms with Gasteiger partial charge in [0.1, 0.15) is 5.82 Å². The molecule has 0 aliphatic carbocycles. The van der Waals surface area contributed by atoms with E-state index in [0.29, 0.717) is 11.3 Å². The Bertz CT molecular complexity index is 1400. The van der Waals surface area contributed by atoms with Gasteiger partial charge in [0.05, 0.1) is 18.6 Å². The summed E-state index contributed by atoms with van der Waals surface area (Å²) in [6.45, 7) is 8.24. The third-order valence-electron chi connectivity index (χ3n) is 5.34.